The van der Waals surface area contributed by atoms with Crippen molar-refractivity contribution in [1.82, 2.24) is 10.6 Å². The van der Waals surface area contributed by atoms with Gasteiger partial charge in [-0.1, -0.05) is 30.3 Å². The molecule has 5 N–H and O–H groups in total. The van der Waals surface area contributed by atoms with E-state index in [4.69, 9.17) is 5.73 Å². The average Bonchev–Trinajstić information content (AvgIpc) is 2.64. The van der Waals surface area contributed by atoms with Crippen molar-refractivity contribution >= 4 is 30.2 Å². The van der Waals surface area contributed by atoms with Gasteiger partial charge < -0.3 is 21.5 Å². The molecule has 0 unspecified atom stereocenters. The number of carboxylic acid groups (broad SMARTS) is 1. The normalized spacial score (nSPS) is 21.3. The van der Waals surface area contributed by atoms with Crippen LogP contribution in [0.3, 0.4) is 0 Å². The Morgan fingerprint density at radius 1 is 1.15 bits per heavy atom. The molecule has 1 aromatic rings. The maximum atomic E-state index is 12.5. The van der Waals surface area contributed by atoms with Crippen molar-refractivity contribution in [2.24, 2.45) is 17.6 Å². The molecule has 2 atom stereocenters. The number of aliphatic carboxylic acids is 1. The van der Waals surface area contributed by atoms with E-state index in [1.165, 1.54) is 0 Å². The van der Waals surface area contributed by atoms with Gasteiger partial charge in [0.25, 0.3) is 0 Å². The van der Waals surface area contributed by atoms with E-state index in [1.54, 1.807) is 37.3 Å². The standard InChI is InChI=1S/C19H27N3O4.ClH/c1-12(20)17(23)21-11-13-7-9-15(10-8-13)18(24)22-16(19(25)26)14-5-3-2-4-6-14;/h2-6,12-13,15-16H,7-11,20H2,1H3,(H,21,23)(H,22,24)(H,25,26);1H/t12-,13?,15?,16-;/m1./s1. The van der Waals surface area contributed by atoms with Crippen LogP contribution in [0.2, 0.25) is 0 Å². The van der Waals surface area contributed by atoms with Crippen LogP contribution in [0.5, 0.6) is 0 Å². The van der Waals surface area contributed by atoms with Gasteiger partial charge in [0.15, 0.2) is 6.04 Å². The summed E-state index contributed by atoms with van der Waals surface area (Å²) >= 11 is 0. The van der Waals surface area contributed by atoms with E-state index in [9.17, 15) is 19.5 Å². The molecule has 0 heterocycles. The van der Waals surface area contributed by atoms with Gasteiger partial charge in [-0.3, -0.25) is 9.59 Å². The van der Waals surface area contributed by atoms with Crippen LogP contribution in [0, 0.1) is 11.8 Å². The molecule has 1 aliphatic rings. The average molecular weight is 398 g/mol. The Morgan fingerprint density at radius 2 is 1.74 bits per heavy atom. The fourth-order valence-electron chi connectivity index (χ4n) is 3.23. The Morgan fingerprint density at radius 3 is 2.26 bits per heavy atom. The summed E-state index contributed by atoms with van der Waals surface area (Å²) in [5.41, 5.74) is 6.08. The van der Waals surface area contributed by atoms with E-state index >= 15 is 0 Å². The zero-order valence-electron chi connectivity index (χ0n) is 15.4. The lowest BCUT2D eigenvalue weighted by Crippen LogP contribution is -2.42. The summed E-state index contributed by atoms with van der Waals surface area (Å²) in [5.74, 6) is -1.33. The molecule has 8 heteroatoms. The first-order chi connectivity index (χ1) is 12.4. The van der Waals surface area contributed by atoms with Gasteiger partial charge in [-0.05, 0) is 44.1 Å². The number of amides is 2. The molecule has 27 heavy (non-hydrogen) atoms. The molecule has 0 spiro atoms. The van der Waals surface area contributed by atoms with Crippen LogP contribution in [0.4, 0.5) is 0 Å². The first-order valence-corrected chi connectivity index (χ1v) is 9.00. The van der Waals surface area contributed by atoms with E-state index in [2.05, 4.69) is 10.6 Å². The van der Waals surface area contributed by atoms with Crippen molar-refractivity contribution in [3.05, 3.63) is 35.9 Å². The second-order valence-corrected chi connectivity index (χ2v) is 6.94. The number of nitrogens with two attached hydrogens (primary N) is 1. The largest absolute Gasteiger partial charge is 0.479 e. The summed E-state index contributed by atoms with van der Waals surface area (Å²) in [6.07, 6.45) is 3.01. The predicted octanol–water partition coefficient (Wildman–Crippen LogP) is 1.62. The molecule has 1 aromatic carbocycles. The maximum Gasteiger partial charge on any atom is 0.330 e. The fourth-order valence-corrected chi connectivity index (χ4v) is 3.23. The summed E-state index contributed by atoms with van der Waals surface area (Å²) in [6, 6.07) is 7.12. The van der Waals surface area contributed by atoms with Gasteiger partial charge in [0.2, 0.25) is 11.8 Å². The highest BCUT2D eigenvalue weighted by atomic mass is 35.5. The van der Waals surface area contributed by atoms with E-state index < -0.39 is 18.1 Å². The Labute approximate surface area is 165 Å². The van der Waals surface area contributed by atoms with Gasteiger partial charge >= 0.3 is 5.97 Å². The molecule has 0 aliphatic heterocycles. The minimum atomic E-state index is -1.07. The molecule has 150 valence electrons. The predicted molar refractivity (Wildman–Crippen MR) is 104 cm³/mol. The first kappa shape index (κ1) is 22.9. The molecule has 2 amide bonds. The van der Waals surface area contributed by atoms with Crippen molar-refractivity contribution in [2.45, 2.75) is 44.7 Å². The summed E-state index contributed by atoms with van der Waals surface area (Å²) in [5, 5.41) is 14.9. The number of halogens is 1. The van der Waals surface area contributed by atoms with Crippen LogP contribution in [0.25, 0.3) is 0 Å². The third-order valence-electron chi connectivity index (χ3n) is 4.86. The first-order valence-electron chi connectivity index (χ1n) is 9.00. The number of rotatable bonds is 7. The number of benzene rings is 1. The maximum absolute atomic E-state index is 12.5. The Bertz CT molecular complexity index is 631. The van der Waals surface area contributed by atoms with Gasteiger partial charge in [0.05, 0.1) is 6.04 Å². The zero-order valence-corrected chi connectivity index (χ0v) is 16.2. The lowest BCUT2D eigenvalue weighted by atomic mass is 9.81. The van der Waals surface area contributed by atoms with Crippen LogP contribution in [0.1, 0.15) is 44.2 Å². The number of carboxylic acids is 1. The number of carbonyl (C=O) groups is 3. The smallest absolute Gasteiger partial charge is 0.330 e. The lowest BCUT2D eigenvalue weighted by Gasteiger charge is -2.29. The third kappa shape index (κ3) is 6.84. The molecule has 0 radical (unpaired) electrons. The van der Waals surface area contributed by atoms with Gasteiger partial charge in [-0.2, -0.15) is 0 Å². The molecule has 1 aliphatic carbocycles. The number of carbonyl (C=O) groups excluding carboxylic acids is 2. The highest BCUT2D eigenvalue weighted by Gasteiger charge is 2.30. The number of nitrogens with one attached hydrogen (secondary N) is 2. The van der Waals surface area contributed by atoms with Crippen molar-refractivity contribution in [3.8, 4) is 0 Å². The molecule has 7 nitrogen and oxygen atoms in total. The molecule has 1 saturated carbocycles. The van der Waals surface area contributed by atoms with Crippen molar-refractivity contribution in [3.63, 3.8) is 0 Å². The lowest BCUT2D eigenvalue weighted by molar-refractivity contribution is -0.143. The molecule has 0 aromatic heterocycles. The van der Waals surface area contributed by atoms with Crippen LogP contribution in [0.15, 0.2) is 30.3 Å². The molecule has 1 fully saturated rings. The summed E-state index contributed by atoms with van der Waals surface area (Å²) in [6.45, 7) is 2.21. The molecule has 0 bridgehead atoms. The van der Waals surface area contributed by atoms with E-state index in [0.29, 0.717) is 30.9 Å². The fraction of sp³-hybridized carbons (Fsp3) is 0.526. The van der Waals surface area contributed by atoms with Gasteiger partial charge in [0, 0.05) is 12.5 Å². The molecular weight excluding hydrogens is 370 g/mol. The van der Waals surface area contributed by atoms with E-state index in [0.717, 1.165) is 12.8 Å². The summed E-state index contributed by atoms with van der Waals surface area (Å²) in [4.78, 5) is 35.5. The quantitative estimate of drug-likeness (QED) is 0.557. The highest BCUT2D eigenvalue weighted by molar-refractivity contribution is 5.86. The van der Waals surface area contributed by atoms with Gasteiger partial charge in [0.1, 0.15) is 0 Å². The monoisotopic (exact) mass is 397 g/mol. The molecular formula is C19H28ClN3O4. The summed E-state index contributed by atoms with van der Waals surface area (Å²) in [7, 11) is 0. The minimum absolute atomic E-state index is 0. The van der Waals surface area contributed by atoms with E-state index in [-0.39, 0.29) is 30.1 Å². The van der Waals surface area contributed by atoms with Gasteiger partial charge in [-0.25, -0.2) is 4.79 Å². The highest BCUT2D eigenvalue weighted by Crippen LogP contribution is 2.29. The van der Waals surface area contributed by atoms with E-state index in [1.807, 2.05) is 0 Å². The Kier molecular flexibility index (Phi) is 9.25. The Hall–Kier alpha value is -2.12. The van der Waals surface area contributed by atoms with Gasteiger partial charge in [-0.15, -0.1) is 12.4 Å². The second-order valence-electron chi connectivity index (χ2n) is 6.94. The topological polar surface area (TPSA) is 122 Å². The molecule has 0 saturated heterocycles. The van der Waals surface area contributed by atoms with Crippen molar-refractivity contribution in [1.29, 1.82) is 0 Å². The summed E-state index contributed by atoms with van der Waals surface area (Å²) < 4.78 is 0. The van der Waals surface area contributed by atoms with Crippen LogP contribution in [-0.2, 0) is 14.4 Å². The minimum Gasteiger partial charge on any atom is -0.479 e. The zero-order chi connectivity index (χ0) is 19.1. The molecule has 2 rings (SSSR count). The Balaban J connectivity index is 0.00000364. The van der Waals surface area contributed by atoms with Crippen LogP contribution >= 0.6 is 12.4 Å². The third-order valence-corrected chi connectivity index (χ3v) is 4.86. The van der Waals surface area contributed by atoms with Crippen molar-refractivity contribution in [2.75, 3.05) is 6.54 Å². The SMILES string of the molecule is C[C@@H](N)C(=O)NCC1CCC(C(=O)N[C@@H](C(=O)O)c2ccccc2)CC1.Cl. The van der Waals surface area contributed by atoms with Crippen LogP contribution < -0.4 is 16.4 Å². The van der Waals surface area contributed by atoms with Crippen LogP contribution in [-0.4, -0.2) is 35.5 Å². The second kappa shape index (κ2) is 10.9. The van der Waals surface area contributed by atoms with Crippen molar-refractivity contribution < 1.29 is 19.5 Å². The number of hydrogen-bond acceptors (Lipinski definition) is 4. The number of hydrogen-bond donors (Lipinski definition) is 4.